The van der Waals surface area contributed by atoms with Gasteiger partial charge in [0.15, 0.2) is 0 Å². The summed E-state index contributed by atoms with van der Waals surface area (Å²) in [7, 11) is 0. The number of carbonyl (C=O) groups is 7. The van der Waals surface area contributed by atoms with E-state index in [1.165, 1.54) is 0 Å². The predicted molar refractivity (Wildman–Crippen MR) is 264 cm³/mol. The summed E-state index contributed by atoms with van der Waals surface area (Å²) in [6, 6.07) is 25.0. The van der Waals surface area contributed by atoms with E-state index >= 15 is 0 Å². The van der Waals surface area contributed by atoms with Crippen LogP contribution in [0, 0.1) is 17.8 Å². The topological polar surface area (TPSA) is 179 Å². The van der Waals surface area contributed by atoms with E-state index in [1.807, 2.05) is 134 Å². The van der Waals surface area contributed by atoms with Gasteiger partial charge < -0.3 is 25.8 Å². The van der Waals surface area contributed by atoms with Crippen molar-refractivity contribution in [3.63, 3.8) is 0 Å². The second-order valence-electron chi connectivity index (χ2n) is 15.8. The molecule has 0 aliphatic heterocycles. The number of carbonyl (C=O) groups excluding carboxylic acids is 7. The van der Waals surface area contributed by atoms with Crippen molar-refractivity contribution >= 4 is 96.2 Å². The summed E-state index contributed by atoms with van der Waals surface area (Å²) in [6.45, 7) is 21.0. The summed E-state index contributed by atoms with van der Waals surface area (Å²) in [5.74, 6) is -1.28. The molecule has 3 rings (SSSR count). The monoisotopic (exact) mass is 1400 g/mol. The average Bonchev–Trinajstić information content (AvgIpc) is 3.22. The molecule has 5 unspecified atom stereocenters. The number of alkyl halides is 1. The summed E-state index contributed by atoms with van der Waals surface area (Å²) in [4.78, 5) is 80.2. The van der Waals surface area contributed by atoms with E-state index in [2.05, 4.69) is 59.3 Å². The van der Waals surface area contributed by atoms with Crippen LogP contribution < -0.4 is 143 Å². The smallest absolute Gasteiger partial charge is 1.00 e. The van der Waals surface area contributed by atoms with Crippen molar-refractivity contribution in [2.24, 2.45) is 17.8 Å². The van der Waals surface area contributed by atoms with Crippen LogP contribution in [-0.4, -0.2) is 64.5 Å². The van der Waals surface area contributed by atoms with Gasteiger partial charge in [0.1, 0.15) is 17.3 Å². The summed E-state index contributed by atoms with van der Waals surface area (Å²) in [5, 5.41) is 8.43. The molecule has 0 bridgehead atoms. The molecule has 358 valence electrons. The van der Waals surface area contributed by atoms with Crippen LogP contribution in [0.25, 0.3) is 0 Å². The van der Waals surface area contributed by atoms with Crippen molar-refractivity contribution in [2.75, 3.05) is 4.43 Å². The third-order valence-corrected chi connectivity index (χ3v) is 10.9. The van der Waals surface area contributed by atoms with Gasteiger partial charge in [-0.1, -0.05) is 130 Å². The number of hydrogen-bond acceptors (Lipinski definition) is 12. The maximum atomic E-state index is 11.9. The zero-order chi connectivity index (χ0) is 49.5. The Balaban J connectivity index is -0.000000253. The molecule has 66 heavy (non-hydrogen) atoms. The number of rotatable bonds is 18. The van der Waals surface area contributed by atoms with Crippen molar-refractivity contribution < 1.29 is 197 Å². The molecule has 0 fully saturated rings. The minimum Gasteiger partial charge on any atom is -1.00 e. The minimum absolute atomic E-state index is 0. The molecule has 0 heterocycles. The van der Waals surface area contributed by atoms with Gasteiger partial charge in [0.2, 0.25) is 0 Å². The molecule has 0 amide bonds. The van der Waals surface area contributed by atoms with Gasteiger partial charge in [-0.05, 0) is 116 Å². The van der Waals surface area contributed by atoms with E-state index in [-0.39, 0.29) is 229 Å². The Labute approximate surface area is 542 Å². The van der Waals surface area contributed by atoms with E-state index in [9.17, 15) is 28.8 Å². The SMILES string of the molecule is CC(=O)C(CC(C)C(=O)OC(C)C)c1ccc(Br)cc1.CC(=O)C(CC(C)C(=O)OC(C)C)c1ccccc1.CC(=O)Cc1ccc(Br)cc1.CC(C)OC(=O)C(C)CI.O=CO[O-].[Cs+].[Cs+].[H-]. The third kappa shape index (κ3) is 37.1. The second kappa shape index (κ2) is 42.9. The summed E-state index contributed by atoms with van der Waals surface area (Å²) >= 11 is 8.88. The number of benzene rings is 3. The largest absolute Gasteiger partial charge is 1.00 e. The fraction of sp³-hybridized carbons (Fsp3) is 0.490. The van der Waals surface area contributed by atoms with Crippen LogP contribution in [-0.2, 0) is 59.1 Å². The molecule has 0 saturated heterocycles. The van der Waals surface area contributed by atoms with Crippen molar-refractivity contribution in [1.29, 1.82) is 0 Å². The second-order valence-corrected chi connectivity index (χ2v) is 18.5. The molecule has 0 aliphatic carbocycles. The summed E-state index contributed by atoms with van der Waals surface area (Å²) < 4.78 is 18.2. The van der Waals surface area contributed by atoms with Gasteiger partial charge in [0, 0.05) is 31.6 Å². The molecule has 3 aromatic rings. The molecule has 0 aliphatic rings. The minimum atomic E-state index is -0.296. The number of esters is 3. The Morgan fingerprint density at radius 2 is 0.894 bits per heavy atom. The van der Waals surface area contributed by atoms with E-state index in [0.717, 1.165) is 30.1 Å². The third-order valence-electron chi connectivity index (χ3n) is 8.53. The summed E-state index contributed by atoms with van der Waals surface area (Å²) in [6.07, 6.45) is 1.26. The fourth-order valence-electron chi connectivity index (χ4n) is 5.35. The van der Waals surface area contributed by atoms with E-state index in [4.69, 9.17) is 24.3 Å². The Hall–Kier alpha value is 0.304. The standard InChI is InChI=1S/C16H21BrO3.C16H22O3.C9H9BrO.C7H13IO2.CH2O3.2Cs.H/c1-10(2)20-16(19)11(3)9-15(12(4)18)13-5-7-14(17)8-6-13;1-11(2)19-16(18)12(3)10-15(13(4)17)14-8-6-5-7-9-14;1-7(11)6-8-2-4-9(10)5-3-8;1-5(2)10-7(9)6(3)4-8;2-1-4-3;;;/h5-8,10-11,15H,9H2,1-4H3;5-9,11-12,15H,10H2,1-4H3;2-5H,6H2,1H3;5-6H,4H2,1-3H3;1,3H;;;/q;;;;;2*+1;-1/p-1. The van der Waals surface area contributed by atoms with Gasteiger partial charge in [0.25, 0.3) is 6.47 Å². The van der Waals surface area contributed by atoms with Gasteiger partial charge in [-0.2, -0.15) is 0 Å². The van der Waals surface area contributed by atoms with Crippen molar-refractivity contribution in [1.82, 2.24) is 0 Å². The number of halogens is 3. The quantitative estimate of drug-likeness (QED) is 0.0330. The Kier molecular flexibility index (Phi) is 47.4. The van der Waals surface area contributed by atoms with Crippen molar-refractivity contribution in [3.8, 4) is 0 Å². The van der Waals surface area contributed by atoms with Gasteiger partial charge >= 0.3 is 156 Å². The Morgan fingerprint density at radius 1 is 0.576 bits per heavy atom. The van der Waals surface area contributed by atoms with Crippen molar-refractivity contribution in [3.05, 3.63) is 104 Å². The Morgan fingerprint density at radius 3 is 1.18 bits per heavy atom. The first-order valence-corrected chi connectivity index (χ1v) is 24.0. The number of ketones is 3. The van der Waals surface area contributed by atoms with E-state index < -0.39 is 0 Å². The Bertz CT molecular complexity index is 1840. The van der Waals surface area contributed by atoms with E-state index in [1.54, 1.807) is 27.7 Å². The zero-order valence-electron chi connectivity index (χ0n) is 42.1. The van der Waals surface area contributed by atoms with Gasteiger partial charge in [-0.25, -0.2) is 0 Å². The number of Topliss-reactive ketones (excluding diaryl/α,β-unsaturated/α-hetero) is 3. The molecule has 0 N–H and O–H groups in total. The first kappa shape index (κ1) is 72.8. The van der Waals surface area contributed by atoms with Crippen LogP contribution in [0.5, 0.6) is 0 Å². The molecule has 0 aromatic heterocycles. The van der Waals surface area contributed by atoms with Crippen LogP contribution in [0.1, 0.15) is 126 Å². The van der Waals surface area contributed by atoms with Crippen LogP contribution in [0.3, 0.4) is 0 Å². The van der Waals surface area contributed by atoms with Gasteiger partial charge in [0.05, 0.1) is 36.1 Å². The molecular formula is C49H67Br2Cs2IO12. The van der Waals surface area contributed by atoms with Crippen LogP contribution in [0.15, 0.2) is 87.8 Å². The maximum absolute atomic E-state index is 11.9. The summed E-state index contributed by atoms with van der Waals surface area (Å²) in [5.41, 5.74) is 2.96. The van der Waals surface area contributed by atoms with E-state index in [0.29, 0.717) is 19.3 Å². The predicted octanol–water partition coefficient (Wildman–Crippen LogP) is 4.58. The average molecular weight is 1400 g/mol. The molecule has 0 radical (unpaired) electrons. The molecule has 0 saturated carbocycles. The molecular weight excluding hydrogens is 1330 g/mol. The molecule has 12 nitrogen and oxygen atoms in total. The zero-order valence-corrected chi connectivity index (χ0v) is 59.0. The fourth-order valence-corrected chi connectivity index (χ4v) is 6.24. The van der Waals surface area contributed by atoms with Crippen LogP contribution >= 0.6 is 54.5 Å². The molecule has 17 heteroatoms. The van der Waals surface area contributed by atoms with Crippen molar-refractivity contribution in [2.45, 2.75) is 132 Å². The first-order valence-electron chi connectivity index (χ1n) is 20.8. The maximum Gasteiger partial charge on any atom is 1.00 e. The number of hydrogen-bond donors (Lipinski definition) is 0. The molecule has 0 spiro atoms. The normalized spacial score (nSPS) is 12.2. The first-order chi connectivity index (χ1) is 29.9. The molecule has 5 atom stereocenters. The van der Waals surface area contributed by atoms with Crippen LogP contribution in [0.4, 0.5) is 0 Å². The van der Waals surface area contributed by atoms with Gasteiger partial charge in [-0.15, -0.1) is 0 Å². The molecule has 3 aromatic carbocycles. The van der Waals surface area contributed by atoms with Crippen LogP contribution in [0.2, 0.25) is 0 Å². The number of ether oxygens (including phenoxy) is 3. The van der Waals surface area contributed by atoms with Gasteiger partial charge in [-0.3, -0.25) is 33.6 Å².